The molecule has 1 fully saturated rings. The normalized spacial score (nSPS) is 23.7. The fraction of sp³-hybridized carbons (Fsp3) is 0.455. The van der Waals surface area contributed by atoms with Gasteiger partial charge < -0.3 is 9.84 Å². The summed E-state index contributed by atoms with van der Waals surface area (Å²) in [6.45, 7) is 1.31. The summed E-state index contributed by atoms with van der Waals surface area (Å²) in [4.78, 5) is -0.125. The number of aliphatic hydroxyl groups is 1. The van der Waals surface area contributed by atoms with Crippen LogP contribution in [-0.2, 0) is 25.6 Å². The Labute approximate surface area is 104 Å². The molecular weight excluding hydrogens is 263 g/mol. The number of rotatable bonds is 4. The maximum atomic E-state index is 12.9. The first-order valence-corrected chi connectivity index (χ1v) is 6.74. The van der Waals surface area contributed by atoms with E-state index in [1.54, 1.807) is 13.0 Å². The number of hydrogen-bond acceptors (Lipinski definition) is 5. The van der Waals surface area contributed by atoms with Gasteiger partial charge in [0.15, 0.2) is 6.17 Å². The van der Waals surface area contributed by atoms with Gasteiger partial charge in [0, 0.05) is 0 Å². The standard InChI is InChI=1S/C11H13FO5S/c1-7-2-3-9(4-8(7)5-13)18(14,15)17-11-10(12)6-16-11/h2-4,10-11,13H,5-6H2,1H3. The van der Waals surface area contributed by atoms with Crippen LogP contribution in [0.15, 0.2) is 23.1 Å². The predicted octanol–water partition coefficient (Wildman–Crippen LogP) is 0.887. The Morgan fingerprint density at radius 3 is 2.78 bits per heavy atom. The lowest BCUT2D eigenvalue weighted by Crippen LogP contribution is -2.44. The van der Waals surface area contributed by atoms with E-state index in [0.717, 1.165) is 5.56 Å². The molecule has 1 aliphatic heterocycles. The van der Waals surface area contributed by atoms with Gasteiger partial charge in [0.05, 0.1) is 18.1 Å². The Morgan fingerprint density at radius 1 is 1.56 bits per heavy atom. The first-order valence-electron chi connectivity index (χ1n) is 5.33. The first kappa shape index (κ1) is 13.4. The minimum atomic E-state index is -4.08. The van der Waals surface area contributed by atoms with E-state index in [1.807, 2.05) is 0 Å². The van der Waals surface area contributed by atoms with Crippen molar-refractivity contribution < 1.29 is 26.8 Å². The summed E-state index contributed by atoms with van der Waals surface area (Å²) in [7, 11) is -4.08. The minimum absolute atomic E-state index is 0.125. The zero-order valence-electron chi connectivity index (χ0n) is 9.67. The van der Waals surface area contributed by atoms with E-state index in [4.69, 9.17) is 5.11 Å². The van der Waals surface area contributed by atoms with Crippen molar-refractivity contribution in [3.63, 3.8) is 0 Å². The molecule has 0 amide bonds. The van der Waals surface area contributed by atoms with Crippen molar-refractivity contribution in [1.29, 1.82) is 0 Å². The summed E-state index contributed by atoms with van der Waals surface area (Å²) >= 11 is 0. The van der Waals surface area contributed by atoms with Crippen LogP contribution >= 0.6 is 0 Å². The van der Waals surface area contributed by atoms with Gasteiger partial charge in [0.1, 0.15) is 0 Å². The summed E-state index contributed by atoms with van der Waals surface area (Å²) < 4.78 is 45.8. The minimum Gasteiger partial charge on any atom is -0.392 e. The molecular formula is C11H13FO5S. The summed E-state index contributed by atoms with van der Waals surface area (Å²) in [6, 6.07) is 4.20. The fourth-order valence-corrected chi connectivity index (χ4v) is 2.55. The fourth-order valence-electron chi connectivity index (χ4n) is 1.49. The molecule has 100 valence electrons. The number of ether oxygens (including phenoxy) is 1. The predicted molar refractivity (Wildman–Crippen MR) is 60.0 cm³/mol. The van der Waals surface area contributed by atoms with Gasteiger partial charge in [-0.3, -0.25) is 0 Å². The molecule has 1 aromatic rings. The third-order valence-corrected chi connectivity index (χ3v) is 3.99. The molecule has 5 nitrogen and oxygen atoms in total. The number of halogens is 1. The summed E-state index contributed by atoms with van der Waals surface area (Å²) in [6.07, 6.45) is -2.79. The highest BCUT2D eigenvalue weighted by atomic mass is 32.2. The molecule has 7 heteroatoms. The first-order chi connectivity index (χ1) is 8.44. The van der Waals surface area contributed by atoms with Gasteiger partial charge >= 0.3 is 0 Å². The average Bonchev–Trinajstić information content (AvgIpc) is 2.34. The van der Waals surface area contributed by atoms with E-state index in [9.17, 15) is 12.8 Å². The molecule has 0 spiro atoms. The number of aryl methyl sites for hydroxylation is 1. The van der Waals surface area contributed by atoms with E-state index in [0.29, 0.717) is 5.56 Å². The Bertz CT molecular complexity index is 542. The van der Waals surface area contributed by atoms with Crippen LogP contribution in [0.1, 0.15) is 11.1 Å². The second-order valence-corrected chi connectivity index (χ2v) is 5.59. The SMILES string of the molecule is Cc1ccc(S(=O)(=O)OC2OCC2F)cc1CO. The Morgan fingerprint density at radius 2 is 2.28 bits per heavy atom. The van der Waals surface area contributed by atoms with Crippen LogP contribution in [0.25, 0.3) is 0 Å². The molecule has 1 N–H and O–H groups in total. The molecule has 0 bridgehead atoms. The monoisotopic (exact) mass is 276 g/mol. The zero-order valence-corrected chi connectivity index (χ0v) is 10.5. The maximum Gasteiger partial charge on any atom is 0.299 e. The molecule has 0 aliphatic carbocycles. The Balaban J connectivity index is 2.24. The van der Waals surface area contributed by atoms with Crippen LogP contribution in [-0.4, -0.2) is 32.6 Å². The average molecular weight is 276 g/mol. The lowest BCUT2D eigenvalue weighted by molar-refractivity contribution is -0.218. The van der Waals surface area contributed by atoms with Gasteiger partial charge in [-0.25, -0.2) is 8.57 Å². The molecule has 2 unspecified atom stereocenters. The van der Waals surface area contributed by atoms with E-state index in [2.05, 4.69) is 8.92 Å². The van der Waals surface area contributed by atoms with Crippen LogP contribution in [0, 0.1) is 6.92 Å². The summed E-state index contributed by atoms with van der Waals surface area (Å²) in [5, 5.41) is 9.07. The smallest absolute Gasteiger partial charge is 0.299 e. The lowest BCUT2D eigenvalue weighted by atomic mass is 10.1. The molecule has 0 saturated carbocycles. The highest BCUT2D eigenvalue weighted by molar-refractivity contribution is 7.86. The Kier molecular flexibility index (Phi) is 3.67. The topological polar surface area (TPSA) is 72.8 Å². The molecule has 2 rings (SSSR count). The van der Waals surface area contributed by atoms with E-state index >= 15 is 0 Å². The third kappa shape index (κ3) is 2.54. The van der Waals surface area contributed by atoms with Crippen molar-refractivity contribution in [2.45, 2.75) is 30.9 Å². The highest BCUT2D eigenvalue weighted by Gasteiger charge is 2.37. The molecule has 1 heterocycles. The molecule has 1 saturated heterocycles. The summed E-state index contributed by atoms with van der Waals surface area (Å²) in [5.74, 6) is 0. The van der Waals surface area contributed by atoms with Crippen molar-refractivity contribution >= 4 is 10.1 Å². The van der Waals surface area contributed by atoms with E-state index in [1.165, 1.54) is 12.1 Å². The molecule has 1 aromatic carbocycles. The second-order valence-electron chi connectivity index (χ2n) is 4.01. The quantitative estimate of drug-likeness (QED) is 0.827. The van der Waals surface area contributed by atoms with Gasteiger partial charge in [0.25, 0.3) is 10.1 Å². The molecule has 1 aliphatic rings. The van der Waals surface area contributed by atoms with Crippen molar-refractivity contribution in [1.82, 2.24) is 0 Å². The number of alkyl halides is 1. The molecule has 0 radical (unpaired) electrons. The summed E-state index contributed by atoms with van der Waals surface area (Å²) in [5.41, 5.74) is 1.24. The number of hydrogen-bond donors (Lipinski definition) is 1. The van der Waals surface area contributed by atoms with Gasteiger partial charge in [-0.1, -0.05) is 6.07 Å². The van der Waals surface area contributed by atoms with Crippen LogP contribution < -0.4 is 0 Å². The van der Waals surface area contributed by atoms with Crippen molar-refractivity contribution in [2.75, 3.05) is 6.61 Å². The van der Waals surface area contributed by atoms with Gasteiger partial charge in [-0.15, -0.1) is 0 Å². The van der Waals surface area contributed by atoms with Crippen LogP contribution in [0.4, 0.5) is 4.39 Å². The zero-order chi connectivity index (χ0) is 13.3. The van der Waals surface area contributed by atoms with Crippen molar-refractivity contribution in [2.24, 2.45) is 0 Å². The van der Waals surface area contributed by atoms with Gasteiger partial charge in [0.2, 0.25) is 6.29 Å². The number of benzene rings is 1. The van der Waals surface area contributed by atoms with Crippen LogP contribution in [0.3, 0.4) is 0 Å². The molecule has 18 heavy (non-hydrogen) atoms. The number of aliphatic hydroxyl groups excluding tert-OH is 1. The molecule has 0 aromatic heterocycles. The Hall–Kier alpha value is -1.02. The van der Waals surface area contributed by atoms with Crippen LogP contribution in [0.5, 0.6) is 0 Å². The molecule has 2 atom stereocenters. The third-order valence-electron chi connectivity index (χ3n) is 2.72. The van der Waals surface area contributed by atoms with E-state index < -0.39 is 22.6 Å². The van der Waals surface area contributed by atoms with Crippen molar-refractivity contribution in [3.8, 4) is 0 Å². The van der Waals surface area contributed by atoms with Gasteiger partial charge in [-0.2, -0.15) is 8.42 Å². The highest BCUT2D eigenvalue weighted by Crippen LogP contribution is 2.24. The maximum absolute atomic E-state index is 12.9. The van der Waals surface area contributed by atoms with Crippen molar-refractivity contribution in [3.05, 3.63) is 29.3 Å². The van der Waals surface area contributed by atoms with Gasteiger partial charge in [-0.05, 0) is 30.2 Å². The lowest BCUT2D eigenvalue weighted by Gasteiger charge is -2.29. The largest absolute Gasteiger partial charge is 0.392 e. The second kappa shape index (κ2) is 4.93. The van der Waals surface area contributed by atoms with Crippen LogP contribution in [0.2, 0.25) is 0 Å². The van der Waals surface area contributed by atoms with E-state index in [-0.39, 0.29) is 18.1 Å².